The molecule has 0 bridgehead atoms. The van der Waals surface area contributed by atoms with Crippen molar-refractivity contribution in [2.45, 2.75) is 44.9 Å². The summed E-state index contributed by atoms with van der Waals surface area (Å²) in [6.45, 7) is 8.75. The van der Waals surface area contributed by atoms with Gasteiger partial charge in [0.2, 0.25) is 10.0 Å². The van der Waals surface area contributed by atoms with Gasteiger partial charge in [0.15, 0.2) is 0 Å². The fraction of sp³-hybridized carbons (Fsp3) is 0.400. The van der Waals surface area contributed by atoms with Crippen LogP contribution in [-0.2, 0) is 10.0 Å². The molecule has 3 nitrogen and oxygen atoms in total. The number of benzene rings is 2. The number of aryl methyl sites for hydroxylation is 1. The van der Waals surface area contributed by atoms with Crippen LogP contribution in [0.2, 0.25) is 0 Å². The normalized spacial score (nSPS) is 13.7. The quantitative estimate of drug-likeness (QED) is 0.803. The van der Waals surface area contributed by atoms with Gasteiger partial charge < -0.3 is 0 Å². The standard InChI is InChI=1S/C20H27NO2S/c1-16-10-12-19(13-11-16)24(22,23)21-15-20(3,4)14-17(2)18-8-6-5-7-9-18/h5-13,17,21H,14-15H2,1-4H3. The van der Waals surface area contributed by atoms with Gasteiger partial charge in [-0.1, -0.05) is 68.8 Å². The number of nitrogens with one attached hydrogen (secondary N) is 1. The molecule has 0 fully saturated rings. The van der Waals surface area contributed by atoms with E-state index in [1.54, 1.807) is 12.1 Å². The molecule has 0 aliphatic heterocycles. The van der Waals surface area contributed by atoms with Crippen molar-refractivity contribution in [3.05, 3.63) is 65.7 Å². The number of hydrogen-bond donors (Lipinski definition) is 1. The van der Waals surface area contributed by atoms with Gasteiger partial charge in [0.25, 0.3) is 0 Å². The summed E-state index contributed by atoms with van der Waals surface area (Å²) in [5.41, 5.74) is 2.20. The third-order valence-electron chi connectivity index (χ3n) is 4.30. The molecular weight excluding hydrogens is 318 g/mol. The zero-order valence-corrected chi connectivity index (χ0v) is 15.7. The molecule has 0 saturated heterocycles. The molecule has 24 heavy (non-hydrogen) atoms. The summed E-state index contributed by atoms with van der Waals surface area (Å²) in [6.07, 6.45) is 0.910. The maximum atomic E-state index is 12.4. The monoisotopic (exact) mass is 345 g/mol. The van der Waals surface area contributed by atoms with E-state index in [4.69, 9.17) is 0 Å². The first-order chi connectivity index (χ1) is 11.2. The van der Waals surface area contributed by atoms with Gasteiger partial charge in [-0.05, 0) is 42.4 Å². The molecule has 0 spiro atoms. The largest absolute Gasteiger partial charge is 0.240 e. The summed E-state index contributed by atoms with van der Waals surface area (Å²) in [5, 5.41) is 0. The minimum Gasteiger partial charge on any atom is -0.211 e. The highest BCUT2D eigenvalue weighted by molar-refractivity contribution is 7.89. The lowest BCUT2D eigenvalue weighted by molar-refractivity contribution is 0.311. The first-order valence-electron chi connectivity index (χ1n) is 8.31. The van der Waals surface area contributed by atoms with Crippen molar-refractivity contribution in [1.29, 1.82) is 0 Å². The highest BCUT2D eigenvalue weighted by Gasteiger charge is 2.25. The predicted octanol–water partition coefficient (Wildman–Crippen LogP) is 4.49. The molecule has 1 N–H and O–H groups in total. The third kappa shape index (κ3) is 5.18. The molecule has 2 rings (SSSR count). The Morgan fingerprint density at radius 2 is 1.58 bits per heavy atom. The Morgan fingerprint density at radius 3 is 2.17 bits per heavy atom. The van der Waals surface area contributed by atoms with Crippen LogP contribution in [0.1, 0.15) is 44.2 Å². The second kappa shape index (κ2) is 7.49. The predicted molar refractivity (Wildman–Crippen MR) is 99.6 cm³/mol. The fourth-order valence-electron chi connectivity index (χ4n) is 2.89. The van der Waals surface area contributed by atoms with Gasteiger partial charge in [0.05, 0.1) is 4.90 Å². The molecule has 0 heterocycles. The maximum Gasteiger partial charge on any atom is 0.240 e. The second-order valence-electron chi connectivity index (χ2n) is 7.32. The number of rotatable bonds is 7. The van der Waals surface area contributed by atoms with Crippen LogP contribution in [0.5, 0.6) is 0 Å². The molecule has 0 amide bonds. The maximum absolute atomic E-state index is 12.4. The van der Waals surface area contributed by atoms with Crippen molar-refractivity contribution in [3.8, 4) is 0 Å². The summed E-state index contributed by atoms with van der Waals surface area (Å²) in [6, 6.07) is 17.3. The summed E-state index contributed by atoms with van der Waals surface area (Å²) in [5.74, 6) is 0.380. The molecule has 0 aromatic heterocycles. The Morgan fingerprint density at radius 1 is 1.00 bits per heavy atom. The minimum absolute atomic E-state index is 0.132. The molecule has 0 saturated carbocycles. The van der Waals surface area contributed by atoms with E-state index in [0.29, 0.717) is 17.4 Å². The van der Waals surface area contributed by atoms with Crippen LogP contribution in [0.3, 0.4) is 0 Å². The van der Waals surface area contributed by atoms with Crippen LogP contribution in [0, 0.1) is 12.3 Å². The van der Waals surface area contributed by atoms with Gasteiger partial charge in [-0.3, -0.25) is 0 Å². The average molecular weight is 346 g/mol. The van der Waals surface area contributed by atoms with E-state index in [0.717, 1.165) is 12.0 Å². The molecule has 2 aromatic carbocycles. The van der Waals surface area contributed by atoms with Crippen molar-refractivity contribution < 1.29 is 8.42 Å². The van der Waals surface area contributed by atoms with E-state index in [9.17, 15) is 8.42 Å². The molecule has 1 atom stereocenters. The zero-order valence-electron chi connectivity index (χ0n) is 14.9. The van der Waals surface area contributed by atoms with Crippen LogP contribution in [0.15, 0.2) is 59.5 Å². The van der Waals surface area contributed by atoms with E-state index in [1.807, 2.05) is 37.3 Å². The van der Waals surface area contributed by atoms with Gasteiger partial charge >= 0.3 is 0 Å². The second-order valence-corrected chi connectivity index (χ2v) is 9.08. The Bertz CT molecular complexity index is 750. The molecule has 0 aliphatic carbocycles. The van der Waals surface area contributed by atoms with E-state index in [2.05, 4.69) is 37.6 Å². The molecule has 4 heteroatoms. The summed E-state index contributed by atoms with van der Waals surface area (Å²) in [4.78, 5) is 0.319. The summed E-state index contributed by atoms with van der Waals surface area (Å²) in [7, 11) is -3.46. The SMILES string of the molecule is Cc1ccc(S(=O)(=O)NCC(C)(C)CC(C)c2ccccc2)cc1. The molecule has 0 aliphatic rings. The Balaban J connectivity index is 2.00. The third-order valence-corrected chi connectivity index (χ3v) is 5.72. The lowest BCUT2D eigenvalue weighted by Gasteiger charge is -2.28. The summed E-state index contributed by atoms with van der Waals surface area (Å²) >= 11 is 0. The van der Waals surface area contributed by atoms with Crippen molar-refractivity contribution in [2.75, 3.05) is 6.54 Å². The van der Waals surface area contributed by atoms with E-state index in [-0.39, 0.29) is 5.41 Å². The Hall–Kier alpha value is -1.65. The number of hydrogen-bond acceptors (Lipinski definition) is 2. The Kier molecular flexibility index (Phi) is 5.83. The fourth-order valence-corrected chi connectivity index (χ4v) is 4.13. The lowest BCUT2D eigenvalue weighted by atomic mass is 9.81. The van der Waals surface area contributed by atoms with Crippen molar-refractivity contribution in [1.82, 2.24) is 4.72 Å². The molecule has 1 unspecified atom stereocenters. The van der Waals surface area contributed by atoms with Gasteiger partial charge in [-0.2, -0.15) is 0 Å². The smallest absolute Gasteiger partial charge is 0.211 e. The van der Waals surface area contributed by atoms with Crippen LogP contribution in [-0.4, -0.2) is 15.0 Å². The first kappa shape index (κ1) is 18.7. The minimum atomic E-state index is -3.46. The van der Waals surface area contributed by atoms with Crippen molar-refractivity contribution in [3.63, 3.8) is 0 Å². The highest BCUT2D eigenvalue weighted by Crippen LogP contribution is 2.31. The lowest BCUT2D eigenvalue weighted by Crippen LogP contribution is -2.34. The van der Waals surface area contributed by atoms with Crippen LogP contribution in [0.25, 0.3) is 0 Å². The van der Waals surface area contributed by atoms with E-state index >= 15 is 0 Å². The van der Waals surface area contributed by atoms with Gasteiger partial charge in [-0.25, -0.2) is 13.1 Å². The number of sulfonamides is 1. The van der Waals surface area contributed by atoms with Crippen LogP contribution in [0.4, 0.5) is 0 Å². The average Bonchev–Trinajstić information content (AvgIpc) is 2.54. The molecule has 2 aromatic rings. The van der Waals surface area contributed by atoms with E-state index < -0.39 is 10.0 Å². The van der Waals surface area contributed by atoms with Crippen molar-refractivity contribution in [2.24, 2.45) is 5.41 Å². The van der Waals surface area contributed by atoms with Crippen molar-refractivity contribution >= 4 is 10.0 Å². The topological polar surface area (TPSA) is 46.2 Å². The van der Waals surface area contributed by atoms with Crippen LogP contribution >= 0.6 is 0 Å². The molecule has 0 radical (unpaired) electrons. The van der Waals surface area contributed by atoms with Crippen LogP contribution < -0.4 is 4.72 Å². The zero-order chi connectivity index (χ0) is 17.8. The highest BCUT2D eigenvalue weighted by atomic mass is 32.2. The van der Waals surface area contributed by atoms with E-state index in [1.165, 1.54) is 5.56 Å². The van der Waals surface area contributed by atoms with Gasteiger partial charge in [0, 0.05) is 6.54 Å². The Labute approximate surface area is 146 Å². The molecule has 130 valence electrons. The molecular formula is C20H27NO2S. The van der Waals surface area contributed by atoms with Gasteiger partial charge in [-0.15, -0.1) is 0 Å². The first-order valence-corrected chi connectivity index (χ1v) is 9.79. The summed E-state index contributed by atoms with van der Waals surface area (Å²) < 4.78 is 27.6. The van der Waals surface area contributed by atoms with Gasteiger partial charge in [0.1, 0.15) is 0 Å².